The molecule has 3 unspecified atom stereocenters. The highest BCUT2D eigenvalue weighted by atomic mass is 35.5. The molecule has 19 heavy (non-hydrogen) atoms. The Bertz CT molecular complexity index is 520. The van der Waals surface area contributed by atoms with Gasteiger partial charge in [0.2, 0.25) is 0 Å². The molecule has 2 fully saturated rings. The van der Waals surface area contributed by atoms with Crippen LogP contribution >= 0.6 is 23.2 Å². The van der Waals surface area contributed by atoms with E-state index in [1.165, 1.54) is 5.56 Å². The van der Waals surface area contributed by atoms with Gasteiger partial charge < -0.3 is 10.2 Å². The van der Waals surface area contributed by atoms with Gasteiger partial charge in [0.1, 0.15) is 6.61 Å². The number of rotatable bonds is 4. The van der Waals surface area contributed by atoms with E-state index in [4.69, 9.17) is 28.0 Å². The zero-order valence-corrected chi connectivity index (χ0v) is 12.2. The first kappa shape index (κ1) is 13.2. The molecule has 5 heteroatoms. The van der Waals surface area contributed by atoms with Crippen molar-refractivity contribution >= 4 is 29.4 Å². The van der Waals surface area contributed by atoms with Crippen LogP contribution < -0.4 is 5.32 Å². The summed E-state index contributed by atoms with van der Waals surface area (Å²) in [4.78, 5) is 5.08. The number of nitrogens with one attached hydrogen (secondary N) is 1. The van der Waals surface area contributed by atoms with Gasteiger partial charge in [0.15, 0.2) is 0 Å². The summed E-state index contributed by atoms with van der Waals surface area (Å²) in [5.74, 6) is 1.01. The number of hydrogen-bond acceptors (Lipinski definition) is 3. The zero-order chi connectivity index (χ0) is 13.5. The molecular weight excluding hydrogens is 283 g/mol. The van der Waals surface area contributed by atoms with Crippen LogP contribution in [0.4, 0.5) is 0 Å². The fourth-order valence-corrected chi connectivity index (χ4v) is 3.56. The molecule has 3 nitrogen and oxygen atoms in total. The van der Waals surface area contributed by atoms with Crippen molar-refractivity contribution < 1.29 is 4.84 Å². The molecule has 1 heterocycles. The number of nitrogens with zero attached hydrogens (tertiary/aromatic N) is 1. The lowest BCUT2D eigenvalue weighted by atomic mass is 9.93. The van der Waals surface area contributed by atoms with E-state index in [2.05, 4.69) is 16.5 Å². The van der Waals surface area contributed by atoms with Crippen molar-refractivity contribution in [2.45, 2.75) is 12.3 Å². The van der Waals surface area contributed by atoms with Crippen LogP contribution in [-0.2, 0) is 10.3 Å². The minimum atomic E-state index is 0.120. The fourth-order valence-electron chi connectivity index (χ4n) is 3.26. The third kappa shape index (κ3) is 2.04. The van der Waals surface area contributed by atoms with Gasteiger partial charge in [-0.2, -0.15) is 0 Å². The van der Waals surface area contributed by atoms with Gasteiger partial charge >= 0.3 is 0 Å². The van der Waals surface area contributed by atoms with Gasteiger partial charge in [-0.1, -0.05) is 34.4 Å². The zero-order valence-electron chi connectivity index (χ0n) is 10.7. The van der Waals surface area contributed by atoms with E-state index in [1.54, 1.807) is 0 Å². The number of hydrogen-bond donors (Lipinski definition) is 1. The summed E-state index contributed by atoms with van der Waals surface area (Å²) in [5.41, 5.74) is 1.36. The van der Waals surface area contributed by atoms with Gasteiger partial charge in [-0.25, -0.2) is 0 Å². The highest BCUT2D eigenvalue weighted by Gasteiger charge is 2.67. The van der Waals surface area contributed by atoms with Crippen molar-refractivity contribution in [2.24, 2.45) is 17.0 Å². The van der Waals surface area contributed by atoms with Gasteiger partial charge in [-0.15, -0.1) is 0 Å². The predicted molar refractivity (Wildman–Crippen MR) is 78.1 cm³/mol. The third-order valence-corrected chi connectivity index (χ3v) is 4.98. The topological polar surface area (TPSA) is 33.6 Å². The molecule has 3 rings (SSSR count). The van der Waals surface area contributed by atoms with Crippen LogP contribution in [0.25, 0.3) is 0 Å². The average Bonchev–Trinajstić information content (AvgIpc) is 2.81. The molecule has 0 radical (unpaired) electrons. The lowest BCUT2D eigenvalue weighted by Crippen LogP contribution is -2.24. The van der Waals surface area contributed by atoms with Crippen LogP contribution in [0.15, 0.2) is 23.4 Å². The fraction of sp³-hybridized carbons (Fsp3) is 0.500. The Morgan fingerprint density at radius 2 is 2.32 bits per heavy atom. The molecule has 1 saturated heterocycles. The molecule has 1 saturated carbocycles. The van der Waals surface area contributed by atoms with Crippen molar-refractivity contribution in [1.29, 1.82) is 0 Å². The maximum atomic E-state index is 6.14. The summed E-state index contributed by atoms with van der Waals surface area (Å²) in [6.07, 6.45) is 1.94. The van der Waals surface area contributed by atoms with Crippen molar-refractivity contribution in [3.63, 3.8) is 0 Å². The Morgan fingerprint density at radius 3 is 3.05 bits per heavy atom. The van der Waals surface area contributed by atoms with E-state index in [0.29, 0.717) is 28.5 Å². The number of fused-ring (bicyclic) bond motifs is 1. The molecular formula is C14H16Cl2N2O. The minimum Gasteiger partial charge on any atom is -0.396 e. The molecule has 1 aromatic carbocycles. The van der Waals surface area contributed by atoms with Crippen LogP contribution in [0, 0.1) is 11.8 Å². The summed E-state index contributed by atoms with van der Waals surface area (Å²) in [7, 11) is 0. The molecule has 2 aliphatic rings. The first-order valence-electron chi connectivity index (χ1n) is 6.52. The van der Waals surface area contributed by atoms with E-state index in [-0.39, 0.29) is 5.41 Å². The van der Waals surface area contributed by atoms with Crippen molar-refractivity contribution in [3.8, 4) is 0 Å². The van der Waals surface area contributed by atoms with E-state index >= 15 is 0 Å². The summed E-state index contributed by atoms with van der Waals surface area (Å²) in [5, 5.41) is 8.69. The number of benzene rings is 1. The minimum absolute atomic E-state index is 0.120. The van der Waals surface area contributed by atoms with Gasteiger partial charge in [0.05, 0.1) is 10.0 Å². The SMILES string of the molecule is CCO/N=C\C1C2CNCC12c1ccc(Cl)c(Cl)c1. The summed E-state index contributed by atoms with van der Waals surface area (Å²) in [6.45, 7) is 4.51. The van der Waals surface area contributed by atoms with Crippen molar-refractivity contribution in [1.82, 2.24) is 5.32 Å². The van der Waals surface area contributed by atoms with Gasteiger partial charge in [-0.3, -0.25) is 0 Å². The molecule has 1 N–H and O–H groups in total. The molecule has 1 aliphatic carbocycles. The first-order valence-corrected chi connectivity index (χ1v) is 7.27. The number of piperidine rings is 1. The summed E-state index contributed by atoms with van der Waals surface area (Å²) >= 11 is 12.1. The quantitative estimate of drug-likeness (QED) is 0.684. The van der Waals surface area contributed by atoms with Crippen LogP contribution in [0.1, 0.15) is 12.5 Å². The summed E-state index contributed by atoms with van der Waals surface area (Å²) in [6, 6.07) is 5.93. The van der Waals surface area contributed by atoms with Crippen LogP contribution in [0.5, 0.6) is 0 Å². The first-order chi connectivity index (χ1) is 9.20. The summed E-state index contributed by atoms with van der Waals surface area (Å²) < 4.78 is 0. The second kappa shape index (κ2) is 4.97. The van der Waals surface area contributed by atoms with Crippen LogP contribution in [0.2, 0.25) is 10.0 Å². The van der Waals surface area contributed by atoms with Gasteiger partial charge in [0.25, 0.3) is 0 Å². The van der Waals surface area contributed by atoms with Crippen LogP contribution in [0.3, 0.4) is 0 Å². The standard InChI is InChI=1S/C14H16Cl2N2O/c1-2-19-18-7-11-10-6-17-8-14(10,11)9-3-4-12(15)13(16)5-9/h3-5,7,10-11,17H,2,6,8H2,1H3/b18-7-. The normalized spacial score (nSPS) is 32.6. The van der Waals surface area contributed by atoms with E-state index in [9.17, 15) is 0 Å². The maximum Gasteiger partial charge on any atom is 0.114 e. The molecule has 0 aromatic heterocycles. The second-order valence-electron chi connectivity index (χ2n) is 5.10. The van der Waals surface area contributed by atoms with E-state index < -0.39 is 0 Å². The Balaban J connectivity index is 1.87. The van der Waals surface area contributed by atoms with E-state index in [1.807, 2.05) is 25.3 Å². The lowest BCUT2D eigenvalue weighted by Gasteiger charge is -2.15. The maximum absolute atomic E-state index is 6.14. The number of halogens is 2. The Labute approximate surface area is 122 Å². The molecule has 3 atom stereocenters. The molecule has 102 valence electrons. The smallest absolute Gasteiger partial charge is 0.114 e. The Morgan fingerprint density at radius 1 is 1.47 bits per heavy atom. The van der Waals surface area contributed by atoms with E-state index in [0.717, 1.165) is 13.1 Å². The molecule has 0 spiro atoms. The Hall–Kier alpha value is -0.770. The second-order valence-corrected chi connectivity index (χ2v) is 5.92. The van der Waals surface area contributed by atoms with Crippen molar-refractivity contribution in [3.05, 3.63) is 33.8 Å². The van der Waals surface area contributed by atoms with Crippen molar-refractivity contribution in [2.75, 3.05) is 19.7 Å². The third-order valence-electron chi connectivity index (χ3n) is 4.24. The molecule has 1 aliphatic heterocycles. The lowest BCUT2D eigenvalue weighted by molar-refractivity contribution is 0.159. The molecule has 1 aromatic rings. The average molecular weight is 299 g/mol. The Kier molecular flexibility index (Phi) is 3.46. The highest BCUT2D eigenvalue weighted by Crippen LogP contribution is 2.61. The highest BCUT2D eigenvalue weighted by molar-refractivity contribution is 6.42. The predicted octanol–water partition coefficient (Wildman–Crippen LogP) is 3.10. The molecule has 0 amide bonds. The van der Waals surface area contributed by atoms with Gasteiger partial charge in [0, 0.05) is 24.1 Å². The van der Waals surface area contributed by atoms with Crippen LogP contribution in [-0.4, -0.2) is 25.9 Å². The molecule has 0 bridgehead atoms. The number of oxime groups is 1. The largest absolute Gasteiger partial charge is 0.396 e. The monoisotopic (exact) mass is 298 g/mol. The van der Waals surface area contributed by atoms with Gasteiger partial charge in [-0.05, 0) is 37.1 Å².